The summed E-state index contributed by atoms with van der Waals surface area (Å²) < 4.78 is 37.7. The molecule has 0 atom stereocenters. The highest BCUT2D eigenvalue weighted by molar-refractivity contribution is 7.89. The number of carbonyl (C=O) groups excluding carboxylic acids is 1. The molecule has 156 valence electrons. The lowest BCUT2D eigenvalue weighted by molar-refractivity contribution is -0.150. The van der Waals surface area contributed by atoms with E-state index in [1.54, 1.807) is 30.3 Å². The van der Waals surface area contributed by atoms with E-state index in [1.807, 2.05) is 24.3 Å². The van der Waals surface area contributed by atoms with Gasteiger partial charge >= 0.3 is 5.97 Å². The molecule has 7 heteroatoms. The first-order chi connectivity index (χ1) is 14.0. The molecular formula is C22H27NO5S. The lowest BCUT2D eigenvalue weighted by atomic mass is 9.98. The molecule has 0 N–H and O–H groups in total. The van der Waals surface area contributed by atoms with Crippen molar-refractivity contribution < 1.29 is 22.7 Å². The molecule has 0 aliphatic carbocycles. The van der Waals surface area contributed by atoms with Gasteiger partial charge in [-0.2, -0.15) is 4.31 Å². The van der Waals surface area contributed by atoms with E-state index in [9.17, 15) is 13.2 Å². The molecule has 2 aromatic carbocycles. The maximum absolute atomic E-state index is 12.6. The number of sulfonamides is 1. The molecule has 1 saturated heterocycles. The van der Waals surface area contributed by atoms with Crippen LogP contribution in [0.2, 0.25) is 0 Å². The fraction of sp³-hybridized carbons (Fsp3) is 0.409. The van der Waals surface area contributed by atoms with E-state index in [0.717, 1.165) is 12.2 Å². The Kier molecular flexibility index (Phi) is 7.28. The van der Waals surface area contributed by atoms with Crippen molar-refractivity contribution in [3.8, 4) is 5.75 Å². The average Bonchev–Trinajstić information content (AvgIpc) is 2.77. The van der Waals surface area contributed by atoms with Crippen LogP contribution in [0.4, 0.5) is 0 Å². The van der Waals surface area contributed by atoms with Gasteiger partial charge < -0.3 is 9.47 Å². The van der Waals surface area contributed by atoms with Crippen LogP contribution in [-0.4, -0.2) is 45.0 Å². The van der Waals surface area contributed by atoms with Crippen LogP contribution in [0, 0.1) is 5.92 Å². The molecule has 0 radical (unpaired) electrons. The summed E-state index contributed by atoms with van der Waals surface area (Å²) >= 11 is 0. The lowest BCUT2D eigenvalue weighted by Crippen LogP contribution is -2.40. The smallest absolute Gasteiger partial charge is 0.309 e. The van der Waals surface area contributed by atoms with E-state index < -0.39 is 10.0 Å². The van der Waals surface area contributed by atoms with Crippen LogP contribution in [0.3, 0.4) is 0 Å². The summed E-state index contributed by atoms with van der Waals surface area (Å²) in [5, 5.41) is 0. The van der Waals surface area contributed by atoms with Crippen LogP contribution in [-0.2, 0) is 26.0 Å². The van der Waals surface area contributed by atoms with Crippen LogP contribution in [0.15, 0.2) is 59.5 Å². The van der Waals surface area contributed by atoms with Gasteiger partial charge in [-0.15, -0.1) is 0 Å². The van der Waals surface area contributed by atoms with Crippen molar-refractivity contribution in [2.45, 2.75) is 31.1 Å². The highest BCUT2D eigenvalue weighted by Gasteiger charge is 2.32. The Bertz CT molecular complexity index is 906. The maximum atomic E-state index is 12.6. The molecule has 1 aliphatic heterocycles. The Morgan fingerprint density at radius 2 is 1.76 bits per heavy atom. The Balaban J connectivity index is 1.42. The second kappa shape index (κ2) is 9.89. The summed E-state index contributed by atoms with van der Waals surface area (Å²) in [7, 11) is -3.51. The third-order valence-electron chi connectivity index (χ3n) is 5.07. The molecule has 0 saturated carbocycles. The first-order valence-electron chi connectivity index (χ1n) is 9.94. The lowest BCUT2D eigenvalue weighted by Gasteiger charge is -2.30. The van der Waals surface area contributed by atoms with E-state index in [1.165, 1.54) is 9.87 Å². The van der Waals surface area contributed by atoms with Crippen molar-refractivity contribution in [2.75, 3.05) is 26.3 Å². The number of benzene rings is 2. The van der Waals surface area contributed by atoms with E-state index in [-0.39, 0.29) is 23.4 Å². The SMILES string of the molecule is CCc1cccc(OCCOC(=O)C2CCN(S(=O)(=O)c3ccccc3)CC2)c1. The molecule has 0 aromatic heterocycles. The fourth-order valence-corrected chi connectivity index (χ4v) is 4.84. The van der Waals surface area contributed by atoms with E-state index in [0.29, 0.717) is 32.5 Å². The van der Waals surface area contributed by atoms with Gasteiger partial charge in [0, 0.05) is 13.1 Å². The predicted octanol–water partition coefficient (Wildman–Crippen LogP) is 3.27. The predicted molar refractivity (Wildman–Crippen MR) is 110 cm³/mol. The highest BCUT2D eigenvalue weighted by atomic mass is 32.2. The summed E-state index contributed by atoms with van der Waals surface area (Å²) in [5.74, 6) is 0.202. The van der Waals surface area contributed by atoms with Gasteiger partial charge in [-0.3, -0.25) is 4.79 Å². The first-order valence-corrected chi connectivity index (χ1v) is 11.4. The van der Waals surface area contributed by atoms with Gasteiger partial charge in [-0.05, 0) is 49.1 Å². The largest absolute Gasteiger partial charge is 0.490 e. The second-order valence-corrected chi connectivity index (χ2v) is 8.95. The number of hydrogen-bond donors (Lipinski definition) is 0. The monoisotopic (exact) mass is 417 g/mol. The summed E-state index contributed by atoms with van der Waals surface area (Å²) in [4.78, 5) is 12.6. The molecular weight excluding hydrogens is 390 g/mol. The second-order valence-electron chi connectivity index (χ2n) is 7.01. The fourth-order valence-electron chi connectivity index (χ4n) is 3.35. The zero-order chi connectivity index (χ0) is 20.7. The van der Waals surface area contributed by atoms with Crippen LogP contribution < -0.4 is 4.74 Å². The molecule has 0 unspecified atom stereocenters. The summed E-state index contributed by atoms with van der Waals surface area (Å²) in [6.07, 6.45) is 1.86. The zero-order valence-corrected chi connectivity index (χ0v) is 17.4. The molecule has 1 aliphatic rings. The Labute approximate surface area is 172 Å². The number of carbonyl (C=O) groups is 1. The van der Waals surface area contributed by atoms with Gasteiger partial charge in [0.15, 0.2) is 0 Å². The third-order valence-corrected chi connectivity index (χ3v) is 6.98. The number of piperidine rings is 1. The molecule has 29 heavy (non-hydrogen) atoms. The number of aryl methyl sites for hydroxylation is 1. The van der Waals surface area contributed by atoms with Crippen LogP contribution >= 0.6 is 0 Å². The maximum Gasteiger partial charge on any atom is 0.309 e. The van der Waals surface area contributed by atoms with Crippen LogP contribution in [0.1, 0.15) is 25.3 Å². The summed E-state index contributed by atoms with van der Waals surface area (Å²) in [5.41, 5.74) is 1.19. The van der Waals surface area contributed by atoms with Gasteiger partial charge in [0.1, 0.15) is 19.0 Å². The van der Waals surface area contributed by atoms with E-state index >= 15 is 0 Å². The third kappa shape index (κ3) is 5.58. The minimum absolute atomic E-state index is 0.178. The summed E-state index contributed by atoms with van der Waals surface area (Å²) in [6.45, 7) is 3.18. The van der Waals surface area contributed by atoms with Gasteiger partial charge in [-0.25, -0.2) is 8.42 Å². The average molecular weight is 418 g/mol. The van der Waals surface area contributed by atoms with Crippen molar-refractivity contribution in [2.24, 2.45) is 5.92 Å². The molecule has 1 fully saturated rings. The van der Waals surface area contributed by atoms with Gasteiger partial charge in [0.25, 0.3) is 0 Å². The van der Waals surface area contributed by atoms with Crippen LogP contribution in [0.5, 0.6) is 5.75 Å². The molecule has 0 amide bonds. The van der Waals surface area contributed by atoms with Gasteiger partial charge in [0.05, 0.1) is 10.8 Å². The number of ether oxygens (including phenoxy) is 2. The van der Waals surface area contributed by atoms with Gasteiger partial charge in [-0.1, -0.05) is 37.3 Å². The molecule has 2 aromatic rings. The first kappa shape index (κ1) is 21.3. The molecule has 3 rings (SSSR count). The zero-order valence-electron chi connectivity index (χ0n) is 16.6. The van der Waals surface area contributed by atoms with Crippen molar-refractivity contribution >= 4 is 16.0 Å². The number of rotatable bonds is 8. The normalized spacial score (nSPS) is 15.8. The molecule has 0 spiro atoms. The van der Waals surface area contributed by atoms with E-state index in [4.69, 9.17) is 9.47 Å². The quantitative estimate of drug-likeness (QED) is 0.487. The molecule has 6 nitrogen and oxygen atoms in total. The van der Waals surface area contributed by atoms with Crippen LogP contribution in [0.25, 0.3) is 0 Å². The minimum atomic E-state index is -3.51. The van der Waals surface area contributed by atoms with Crippen molar-refractivity contribution in [3.63, 3.8) is 0 Å². The Morgan fingerprint density at radius 3 is 2.45 bits per heavy atom. The van der Waals surface area contributed by atoms with Crippen molar-refractivity contribution in [1.82, 2.24) is 4.31 Å². The Morgan fingerprint density at radius 1 is 1.03 bits per heavy atom. The standard InChI is InChI=1S/C22H27NO5S/c1-2-18-7-6-8-20(17-18)27-15-16-28-22(24)19-11-13-23(14-12-19)29(25,26)21-9-4-3-5-10-21/h3-10,17,19H,2,11-16H2,1H3. The number of nitrogens with zero attached hydrogens (tertiary/aromatic N) is 1. The Hall–Kier alpha value is -2.38. The number of esters is 1. The highest BCUT2D eigenvalue weighted by Crippen LogP contribution is 2.24. The minimum Gasteiger partial charge on any atom is -0.490 e. The number of hydrogen-bond acceptors (Lipinski definition) is 5. The van der Waals surface area contributed by atoms with Crippen molar-refractivity contribution in [1.29, 1.82) is 0 Å². The van der Waals surface area contributed by atoms with E-state index in [2.05, 4.69) is 6.92 Å². The molecule has 0 bridgehead atoms. The topological polar surface area (TPSA) is 72.9 Å². The van der Waals surface area contributed by atoms with Crippen molar-refractivity contribution in [3.05, 3.63) is 60.2 Å². The van der Waals surface area contributed by atoms with Gasteiger partial charge in [0.2, 0.25) is 10.0 Å². The summed E-state index contributed by atoms with van der Waals surface area (Å²) in [6, 6.07) is 16.2. The molecule has 1 heterocycles.